The van der Waals surface area contributed by atoms with Crippen LogP contribution in [0.4, 0.5) is 0 Å². The van der Waals surface area contributed by atoms with Crippen molar-refractivity contribution in [1.29, 1.82) is 5.26 Å². The fraction of sp³-hybridized carbons (Fsp3) is 0.300. The summed E-state index contributed by atoms with van der Waals surface area (Å²) in [6.45, 7) is 1.91. The highest BCUT2D eigenvalue weighted by Crippen LogP contribution is 2.36. The van der Waals surface area contributed by atoms with Gasteiger partial charge in [0.15, 0.2) is 0 Å². The van der Waals surface area contributed by atoms with Crippen LogP contribution in [0.3, 0.4) is 0 Å². The molecular weight excluding hydrogens is 285 g/mol. The van der Waals surface area contributed by atoms with E-state index in [2.05, 4.69) is 0 Å². The van der Waals surface area contributed by atoms with Gasteiger partial charge in [-0.1, -0.05) is 19.1 Å². The third-order valence-corrected chi connectivity index (χ3v) is 6.84. The average Bonchev–Trinajstić information content (AvgIpc) is 2.17. The van der Waals surface area contributed by atoms with Crippen LogP contribution in [0.2, 0.25) is 5.54 Å². The fourth-order valence-electron chi connectivity index (χ4n) is 1.26. The summed E-state index contributed by atoms with van der Waals surface area (Å²) in [5, 5.41) is 8.39. The molecule has 0 spiro atoms. The topological polar surface area (TPSA) is 33.0 Å². The summed E-state index contributed by atoms with van der Waals surface area (Å²) in [7, 11) is 0. The van der Waals surface area contributed by atoms with E-state index >= 15 is 0 Å². The predicted octanol–water partition coefficient (Wildman–Crippen LogP) is 4.13. The highest BCUT2D eigenvalue weighted by Gasteiger charge is 2.33. The number of ether oxygens (including phenoxy) is 1. The van der Waals surface area contributed by atoms with Crippen molar-refractivity contribution in [3.8, 4) is 12.0 Å². The van der Waals surface area contributed by atoms with Gasteiger partial charge in [-0.25, -0.2) is 0 Å². The zero-order valence-corrected chi connectivity index (χ0v) is 11.9. The first-order valence-electron chi connectivity index (χ1n) is 4.65. The molecule has 0 aliphatic heterocycles. The van der Waals surface area contributed by atoms with Gasteiger partial charge in [0.1, 0.15) is 5.75 Å². The van der Waals surface area contributed by atoms with Gasteiger partial charge in [-0.2, -0.15) is 0 Å². The van der Waals surface area contributed by atoms with Crippen molar-refractivity contribution in [2.45, 2.75) is 18.9 Å². The molecular formula is C10H10Cl3NOSi. The number of halogens is 3. The summed E-state index contributed by atoms with van der Waals surface area (Å²) in [4.78, 5) is 0. The van der Waals surface area contributed by atoms with E-state index in [1.165, 1.54) is 0 Å². The van der Waals surface area contributed by atoms with Gasteiger partial charge in [0.25, 0.3) is 6.26 Å². The molecule has 6 heteroatoms. The van der Waals surface area contributed by atoms with E-state index in [-0.39, 0.29) is 5.54 Å². The van der Waals surface area contributed by atoms with E-state index in [0.29, 0.717) is 12.2 Å². The van der Waals surface area contributed by atoms with Gasteiger partial charge in [-0.15, -0.1) is 38.5 Å². The summed E-state index contributed by atoms with van der Waals surface area (Å²) >= 11 is 17.8. The minimum Gasteiger partial charge on any atom is -0.388 e. The maximum absolute atomic E-state index is 8.39. The molecule has 0 amide bonds. The van der Waals surface area contributed by atoms with Crippen LogP contribution in [0.25, 0.3) is 0 Å². The SMILES string of the molecule is CC(Cc1cccc(OC#N)c1)[Si](Cl)(Cl)Cl. The van der Waals surface area contributed by atoms with Gasteiger partial charge in [-0.3, -0.25) is 0 Å². The Morgan fingerprint density at radius 3 is 2.69 bits per heavy atom. The van der Waals surface area contributed by atoms with Gasteiger partial charge in [-0.05, 0) is 29.7 Å². The van der Waals surface area contributed by atoms with E-state index in [0.717, 1.165) is 5.56 Å². The molecule has 1 rings (SSSR count). The van der Waals surface area contributed by atoms with Gasteiger partial charge in [0.2, 0.25) is 0 Å². The van der Waals surface area contributed by atoms with E-state index in [1.54, 1.807) is 18.4 Å². The quantitative estimate of drug-likeness (QED) is 0.475. The molecule has 0 saturated heterocycles. The van der Waals surface area contributed by atoms with Crippen molar-refractivity contribution < 1.29 is 4.74 Å². The zero-order chi connectivity index (χ0) is 12.2. The first-order valence-corrected chi connectivity index (χ1v) is 9.76. The summed E-state index contributed by atoms with van der Waals surface area (Å²) in [6.07, 6.45) is 2.30. The first-order chi connectivity index (χ1) is 7.43. The van der Waals surface area contributed by atoms with Crippen LogP contribution >= 0.6 is 33.2 Å². The second-order valence-corrected chi connectivity index (χ2v) is 12.7. The Hall–Kier alpha value is -0.403. The molecule has 0 fully saturated rings. The molecule has 1 aromatic carbocycles. The maximum Gasteiger partial charge on any atom is 0.344 e. The highest BCUT2D eigenvalue weighted by molar-refractivity contribution is 7.65. The van der Waals surface area contributed by atoms with E-state index < -0.39 is 6.00 Å². The summed E-state index contributed by atoms with van der Waals surface area (Å²) < 4.78 is 4.73. The van der Waals surface area contributed by atoms with Crippen molar-refractivity contribution in [2.75, 3.05) is 0 Å². The summed E-state index contributed by atoms with van der Waals surface area (Å²) in [5.41, 5.74) is 1.02. The largest absolute Gasteiger partial charge is 0.388 e. The Balaban J connectivity index is 2.75. The molecule has 1 unspecified atom stereocenters. The summed E-state index contributed by atoms with van der Waals surface area (Å²) in [6, 6.07) is 4.56. The normalized spacial score (nSPS) is 12.9. The lowest BCUT2D eigenvalue weighted by Crippen LogP contribution is -2.18. The number of rotatable bonds is 4. The smallest absolute Gasteiger partial charge is 0.344 e. The molecule has 0 radical (unpaired) electrons. The van der Waals surface area contributed by atoms with Crippen molar-refractivity contribution in [1.82, 2.24) is 0 Å². The number of hydrogen-bond acceptors (Lipinski definition) is 2. The third-order valence-electron chi connectivity index (χ3n) is 2.16. The Morgan fingerprint density at radius 1 is 1.44 bits per heavy atom. The zero-order valence-electron chi connectivity index (χ0n) is 8.58. The van der Waals surface area contributed by atoms with E-state index in [9.17, 15) is 0 Å². The second kappa shape index (κ2) is 5.79. The molecule has 0 saturated carbocycles. The Kier molecular flexibility index (Phi) is 4.94. The maximum atomic E-state index is 8.39. The molecule has 0 bridgehead atoms. The van der Waals surface area contributed by atoms with Crippen LogP contribution in [0, 0.1) is 11.5 Å². The van der Waals surface area contributed by atoms with Crippen LogP contribution in [-0.4, -0.2) is 6.00 Å². The van der Waals surface area contributed by atoms with E-state index in [4.69, 9.17) is 43.2 Å². The van der Waals surface area contributed by atoms with Crippen LogP contribution in [0.5, 0.6) is 5.75 Å². The minimum atomic E-state index is -2.67. The van der Waals surface area contributed by atoms with Crippen molar-refractivity contribution in [3.63, 3.8) is 0 Å². The van der Waals surface area contributed by atoms with E-state index in [1.807, 2.05) is 19.1 Å². The van der Waals surface area contributed by atoms with Gasteiger partial charge >= 0.3 is 6.00 Å². The van der Waals surface area contributed by atoms with Crippen molar-refractivity contribution in [3.05, 3.63) is 29.8 Å². The molecule has 0 aliphatic rings. The average molecular weight is 295 g/mol. The molecule has 0 aliphatic carbocycles. The monoisotopic (exact) mass is 293 g/mol. The van der Waals surface area contributed by atoms with Crippen LogP contribution in [0.15, 0.2) is 24.3 Å². The molecule has 1 aromatic rings. The van der Waals surface area contributed by atoms with Crippen LogP contribution in [-0.2, 0) is 6.42 Å². The number of nitrogens with zero attached hydrogens (tertiary/aromatic N) is 1. The lowest BCUT2D eigenvalue weighted by atomic mass is 10.1. The van der Waals surface area contributed by atoms with Gasteiger partial charge < -0.3 is 4.74 Å². The highest BCUT2D eigenvalue weighted by atomic mass is 35.8. The Bertz CT molecular complexity index is 400. The molecule has 0 aromatic heterocycles. The molecule has 86 valence electrons. The van der Waals surface area contributed by atoms with Gasteiger partial charge in [0, 0.05) is 0 Å². The Morgan fingerprint density at radius 2 is 2.12 bits per heavy atom. The number of benzene rings is 1. The molecule has 1 atom stereocenters. The molecule has 0 N–H and O–H groups in total. The van der Waals surface area contributed by atoms with Gasteiger partial charge in [0.05, 0.1) is 0 Å². The second-order valence-electron chi connectivity index (χ2n) is 3.49. The Labute approximate surface area is 110 Å². The molecule has 2 nitrogen and oxygen atoms in total. The fourth-order valence-corrected chi connectivity index (χ4v) is 2.42. The van der Waals surface area contributed by atoms with Crippen molar-refractivity contribution >= 4 is 39.2 Å². The number of nitriles is 1. The minimum absolute atomic E-state index is 0.0230. The summed E-state index contributed by atoms with van der Waals surface area (Å²) in [5.74, 6) is 0.512. The lowest BCUT2D eigenvalue weighted by Gasteiger charge is -2.17. The van der Waals surface area contributed by atoms with Crippen molar-refractivity contribution in [2.24, 2.45) is 0 Å². The molecule has 16 heavy (non-hydrogen) atoms. The third kappa shape index (κ3) is 4.23. The van der Waals surface area contributed by atoms with Crippen LogP contribution in [0.1, 0.15) is 12.5 Å². The number of hydrogen-bond donors (Lipinski definition) is 0. The standard InChI is InChI=1S/C10H10Cl3NOSi/c1-8(16(11,12)13)5-9-3-2-4-10(6-9)15-7-14/h2-4,6,8H,5H2,1H3. The lowest BCUT2D eigenvalue weighted by molar-refractivity contribution is 0.506. The van der Waals surface area contributed by atoms with Crippen LogP contribution < -0.4 is 4.74 Å². The predicted molar refractivity (Wildman–Crippen MR) is 69.1 cm³/mol. The first kappa shape index (κ1) is 13.7. The molecule has 0 heterocycles.